The van der Waals surface area contributed by atoms with Gasteiger partial charge in [0, 0.05) is 18.3 Å². The van der Waals surface area contributed by atoms with E-state index >= 15 is 0 Å². The summed E-state index contributed by atoms with van der Waals surface area (Å²) < 4.78 is 5.17. The van der Waals surface area contributed by atoms with E-state index in [2.05, 4.69) is 16.3 Å². The topological polar surface area (TPSA) is 84.7 Å². The monoisotopic (exact) mass is 341 g/mol. The van der Waals surface area contributed by atoms with Gasteiger partial charge in [-0.15, -0.1) is 0 Å². The number of nitrogens with one attached hydrogen (secondary N) is 1. The highest BCUT2D eigenvalue weighted by molar-refractivity contribution is 5.98. The molecule has 7 heteroatoms. The number of hydrogen-bond acceptors (Lipinski definition) is 5. The van der Waals surface area contributed by atoms with Crippen LogP contribution in [0.15, 0.2) is 42.5 Å². The molecule has 1 atom stereocenters. The van der Waals surface area contributed by atoms with E-state index in [1.165, 1.54) is 30.9 Å². The Hall–Kier alpha value is -3.09. The molecule has 2 aromatic rings. The maximum atomic E-state index is 12.7. The fraction of sp³-hybridized carbons (Fsp3) is 0.278. The fourth-order valence-electron chi connectivity index (χ4n) is 3.04. The number of amides is 1. The van der Waals surface area contributed by atoms with Crippen molar-refractivity contribution in [3.8, 4) is 5.75 Å². The Bertz CT molecular complexity index is 822. The Morgan fingerprint density at radius 1 is 1.32 bits per heavy atom. The van der Waals surface area contributed by atoms with Gasteiger partial charge in [0.1, 0.15) is 11.8 Å². The molecule has 0 fully saturated rings. The molecule has 0 aromatic heterocycles. The number of non-ortho nitro benzene ring substituents is 1. The fourth-order valence-corrected chi connectivity index (χ4v) is 3.04. The lowest BCUT2D eigenvalue weighted by molar-refractivity contribution is -0.384. The summed E-state index contributed by atoms with van der Waals surface area (Å²) in [4.78, 5) is 25.1. The molecule has 1 amide bonds. The predicted molar refractivity (Wildman–Crippen MR) is 95.2 cm³/mol. The van der Waals surface area contributed by atoms with Gasteiger partial charge < -0.3 is 15.0 Å². The van der Waals surface area contributed by atoms with E-state index in [4.69, 9.17) is 4.74 Å². The van der Waals surface area contributed by atoms with Crippen LogP contribution < -0.4 is 15.0 Å². The molecule has 0 radical (unpaired) electrons. The second kappa shape index (κ2) is 6.80. The maximum Gasteiger partial charge on any atom is 0.273 e. The van der Waals surface area contributed by atoms with E-state index in [1.807, 2.05) is 25.1 Å². The van der Waals surface area contributed by atoms with Gasteiger partial charge in [0.15, 0.2) is 0 Å². The number of carbonyl (C=O) groups is 1. The Balaban J connectivity index is 1.77. The van der Waals surface area contributed by atoms with Crippen LogP contribution in [-0.4, -0.2) is 30.5 Å². The van der Waals surface area contributed by atoms with Crippen molar-refractivity contribution >= 4 is 23.0 Å². The number of para-hydroxylation sites is 1. The normalized spacial score (nSPS) is 13.9. The van der Waals surface area contributed by atoms with Gasteiger partial charge in [-0.3, -0.25) is 14.9 Å². The van der Waals surface area contributed by atoms with Crippen molar-refractivity contribution in [2.75, 3.05) is 23.9 Å². The van der Waals surface area contributed by atoms with Gasteiger partial charge >= 0.3 is 0 Å². The highest BCUT2D eigenvalue weighted by Crippen LogP contribution is 2.31. The molecular formula is C18H19N3O4. The van der Waals surface area contributed by atoms with E-state index in [0.717, 1.165) is 18.7 Å². The molecule has 0 aliphatic carbocycles. The van der Waals surface area contributed by atoms with Crippen molar-refractivity contribution in [1.82, 2.24) is 0 Å². The number of nitrogens with zero attached hydrogens (tertiary/aromatic N) is 2. The lowest BCUT2D eigenvalue weighted by atomic mass is 10.1. The first-order chi connectivity index (χ1) is 12.0. The third kappa shape index (κ3) is 3.26. The number of ether oxygens (including phenoxy) is 1. The SMILES string of the molecule is COc1cc([N+](=O)[O-])ccc1NC(=O)[C@H](C)N1CCc2ccccc21. The van der Waals surface area contributed by atoms with Crippen molar-refractivity contribution in [2.24, 2.45) is 0 Å². The molecule has 25 heavy (non-hydrogen) atoms. The van der Waals surface area contributed by atoms with Crippen LogP contribution in [0, 0.1) is 10.1 Å². The van der Waals surface area contributed by atoms with E-state index in [1.54, 1.807) is 0 Å². The summed E-state index contributed by atoms with van der Waals surface area (Å²) in [5.74, 6) is 0.0698. The molecule has 0 spiro atoms. The highest BCUT2D eigenvalue weighted by atomic mass is 16.6. The molecule has 7 nitrogen and oxygen atoms in total. The lowest BCUT2D eigenvalue weighted by Gasteiger charge is -2.26. The number of benzene rings is 2. The molecular weight excluding hydrogens is 322 g/mol. The zero-order valence-electron chi connectivity index (χ0n) is 14.1. The summed E-state index contributed by atoms with van der Waals surface area (Å²) in [7, 11) is 1.41. The third-order valence-corrected chi connectivity index (χ3v) is 4.42. The molecule has 0 saturated carbocycles. The molecule has 0 unspecified atom stereocenters. The quantitative estimate of drug-likeness (QED) is 0.667. The van der Waals surface area contributed by atoms with Gasteiger partial charge in [0.05, 0.1) is 23.8 Å². The summed E-state index contributed by atoms with van der Waals surface area (Å²) in [5.41, 5.74) is 2.63. The predicted octanol–water partition coefficient (Wildman–Crippen LogP) is 2.99. The van der Waals surface area contributed by atoms with Gasteiger partial charge in [-0.25, -0.2) is 0 Å². The van der Waals surface area contributed by atoms with Gasteiger partial charge in [0.25, 0.3) is 5.69 Å². The van der Waals surface area contributed by atoms with Gasteiger partial charge in [0.2, 0.25) is 5.91 Å². The largest absolute Gasteiger partial charge is 0.494 e. The van der Waals surface area contributed by atoms with Crippen LogP contribution >= 0.6 is 0 Å². The van der Waals surface area contributed by atoms with Crippen LogP contribution in [0.4, 0.5) is 17.1 Å². The average molecular weight is 341 g/mol. The summed E-state index contributed by atoms with van der Waals surface area (Å²) >= 11 is 0. The van der Waals surface area contributed by atoms with Crippen LogP contribution in [0.25, 0.3) is 0 Å². The minimum Gasteiger partial charge on any atom is -0.494 e. The molecule has 1 aliphatic rings. The van der Waals surface area contributed by atoms with Crippen LogP contribution in [-0.2, 0) is 11.2 Å². The number of nitro benzene ring substituents is 1. The van der Waals surface area contributed by atoms with Crippen LogP contribution in [0.3, 0.4) is 0 Å². The molecule has 0 bridgehead atoms. The van der Waals surface area contributed by atoms with Gasteiger partial charge in [-0.1, -0.05) is 18.2 Å². The Labute approximate surface area is 145 Å². The molecule has 0 saturated heterocycles. The van der Waals surface area contributed by atoms with Crippen molar-refractivity contribution in [3.05, 3.63) is 58.1 Å². The van der Waals surface area contributed by atoms with E-state index < -0.39 is 4.92 Å². The van der Waals surface area contributed by atoms with Crippen LogP contribution in [0.1, 0.15) is 12.5 Å². The minimum atomic E-state index is -0.502. The summed E-state index contributed by atoms with van der Waals surface area (Å²) in [6.45, 7) is 2.63. The maximum absolute atomic E-state index is 12.7. The summed E-state index contributed by atoms with van der Waals surface area (Å²) in [6.07, 6.45) is 0.911. The highest BCUT2D eigenvalue weighted by Gasteiger charge is 2.28. The lowest BCUT2D eigenvalue weighted by Crippen LogP contribution is -2.41. The number of carbonyl (C=O) groups excluding carboxylic acids is 1. The van der Waals surface area contributed by atoms with Crippen molar-refractivity contribution in [1.29, 1.82) is 0 Å². The van der Waals surface area contributed by atoms with E-state index in [0.29, 0.717) is 5.69 Å². The van der Waals surface area contributed by atoms with Gasteiger partial charge in [-0.2, -0.15) is 0 Å². The molecule has 2 aromatic carbocycles. The first-order valence-corrected chi connectivity index (χ1v) is 7.99. The average Bonchev–Trinajstić information content (AvgIpc) is 3.05. The number of nitro groups is 1. The Kier molecular flexibility index (Phi) is 4.56. The van der Waals surface area contributed by atoms with Crippen LogP contribution in [0.2, 0.25) is 0 Å². The number of anilines is 2. The zero-order chi connectivity index (χ0) is 18.0. The molecule has 1 aliphatic heterocycles. The number of methoxy groups -OCH3 is 1. The van der Waals surface area contributed by atoms with Gasteiger partial charge in [-0.05, 0) is 31.0 Å². The van der Waals surface area contributed by atoms with Crippen molar-refractivity contribution in [3.63, 3.8) is 0 Å². The second-order valence-corrected chi connectivity index (χ2v) is 5.88. The number of hydrogen-bond donors (Lipinski definition) is 1. The molecule has 1 heterocycles. The van der Waals surface area contributed by atoms with Crippen molar-refractivity contribution < 1.29 is 14.5 Å². The van der Waals surface area contributed by atoms with E-state index in [9.17, 15) is 14.9 Å². The van der Waals surface area contributed by atoms with Crippen LogP contribution in [0.5, 0.6) is 5.75 Å². The zero-order valence-corrected chi connectivity index (χ0v) is 14.1. The molecule has 130 valence electrons. The number of rotatable bonds is 5. The van der Waals surface area contributed by atoms with Crippen molar-refractivity contribution in [2.45, 2.75) is 19.4 Å². The third-order valence-electron chi connectivity index (χ3n) is 4.42. The standard InChI is InChI=1S/C18H19N3O4/c1-12(20-10-9-13-5-3-4-6-16(13)20)18(22)19-15-8-7-14(21(23)24)11-17(15)25-2/h3-8,11-12H,9-10H2,1-2H3,(H,19,22)/t12-/m0/s1. The molecule has 1 N–H and O–H groups in total. The summed E-state index contributed by atoms with van der Waals surface area (Å²) in [5, 5.41) is 13.7. The first-order valence-electron chi connectivity index (χ1n) is 7.99. The Morgan fingerprint density at radius 2 is 2.08 bits per heavy atom. The smallest absolute Gasteiger partial charge is 0.273 e. The van der Waals surface area contributed by atoms with E-state index in [-0.39, 0.29) is 23.4 Å². The number of fused-ring (bicyclic) bond motifs is 1. The molecule has 3 rings (SSSR count). The Morgan fingerprint density at radius 3 is 2.80 bits per heavy atom. The summed E-state index contributed by atoms with van der Waals surface area (Å²) in [6, 6.07) is 11.8. The second-order valence-electron chi connectivity index (χ2n) is 5.88. The first kappa shape index (κ1) is 16.8. The minimum absolute atomic E-state index is 0.0867.